The summed E-state index contributed by atoms with van der Waals surface area (Å²) < 4.78 is 4.96. The number of para-hydroxylation sites is 1. The topological polar surface area (TPSA) is 122 Å². The van der Waals surface area contributed by atoms with Crippen molar-refractivity contribution in [2.75, 3.05) is 23.8 Å². The van der Waals surface area contributed by atoms with Gasteiger partial charge in [-0.3, -0.25) is 4.79 Å². The van der Waals surface area contributed by atoms with Crippen LogP contribution in [0.4, 0.5) is 11.5 Å². The molecular formula is C16H15N5O3. The lowest BCUT2D eigenvalue weighted by Gasteiger charge is -2.21. The van der Waals surface area contributed by atoms with Gasteiger partial charge in [0.2, 0.25) is 0 Å². The van der Waals surface area contributed by atoms with Crippen LogP contribution in [0.2, 0.25) is 0 Å². The van der Waals surface area contributed by atoms with Crippen molar-refractivity contribution in [1.82, 2.24) is 9.97 Å². The number of nitrogens with two attached hydrogens (primary N) is 1. The van der Waals surface area contributed by atoms with Crippen molar-refractivity contribution in [1.29, 1.82) is 5.26 Å². The number of ether oxygens (including phenoxy) is 1. The summed E-state index contributed by atoms with van der Waals surface area (Å²) in [6.07, 6.45) is 2.81. The summed E-state index contributed by atoms with van der Waals surface area (Å²) >= 11 is 0. The number of amides is 1. The highest BCUT2D eigenvalue weighted by Gasteiger charge is 2.19. The fourth-order valence-electron chi connectivity index (χ4n) is 1.95. The van der Waals surface area contributed by atoms with Crippen molar-refractivity contribution in [3.63, 3.8) is 0 Å². The number of anilines is 2. The second-order valence-corrected chi connectivity index (χ2v) is 4.66. The minimum atomic E-state index is -0.831. The molecule has 0 aliphatic rings. The fourth-order valence-corrected chi connectivity index (χ4v) is 1.95. The maximum absolute atomic E-state index is 12.3. The molecule has 2 N–H and O–H groups in total. The Balaban J connectivity index is 2.04. The van der Waals surface area contributed by atoms with Gasteiger partial charge in [-0.25, -0.2) is 14.8 Å². The van der Waals surface area contributed by atoms with Gasteiger partial charge in [0.05, 0.1) is 12.5 Å². The maximum Gasteiger partial charge on any atom is 0.361 e. The monoisotopic (exact) mass is 325 g/mol. The van der Waals surface area contributed by atoms with E-state index in [-0.39, 0.29) is 24.5 Å². The van der Waals surface area contributed by atoms with Crippen LogP contribution in [0.25, 0.3) is 0 Å². The smallest absolute Gasteiger partial charge is 0.361 e. The summed E-state index contributed by atoms with van der Waals surface area (Å²) in [5, 5.41) is 8.74. The molecular weight excluding hydrogens is 310 g/mol. The van der Waals surface area contributed by atoms with Gasteiger partial charge in [-0.05, 0) is 12.1 Å². The summed E-state index contributed by atoms with van der Waals surface area (Å²) in [5.74, 6) is -1.35. The Morgan fingerprint density at radius 1 is 1.21 bits per heavy atom. The Bertz CT molecular complexity index is 758. The number of nitrogens with zero attached hydrogens (tertiary/aromatic N) is 4. The van der Waals surface area contributed by atoms with E-state index in [9.17, 15) is 9.59 Å². The summed E-state index contributed by atoms with van der Waals surface area (Å²) in [4.78, 5) is 33.2. The molecule has 24 heavy (non-hydrogen) atoms. The third kappa shape index (κ3) is 4.27. The van der Waals surface area contributed by atoms with Crippen molar-refractivity contribution in [2.45, 2.75) is 6.42 Å². The molecule has 2 rings (SSSR count). The largest absolute Gasteiger partial charge is 0.451 e. The summed E-state index contributed by atoms with van der Waals surface area (Å²) in [6, 6.07) is 10.8. The molecule has 0 aliphatic carbocycles. The van der Waals surface area contributed by atoms with E-state index < -0.39 is 18.5 Å². The van der Waals surface area contributed by atoms with Crippen molar-refractivity contribution in [3.05, 3.63) is 48.4 Å². The number of nitriles is 1. The minimum Gasteiger partial charge on any atom is -0.451 e. The average molecular weight is 325 g/mol. The molecule has 0 unspecified atom stereocenters. The number of aromatic nitrogens is 2. The van der Waals surface area contributed by atoms with E-state index in [1.54, 1.807) is 24.3 Å². The normalized spacial score (nSPS) is 9.79. The van der Waals surface area contributed by atoms with Crippen LogP contribution in [-0.4, -0.2) is 35.0 Å². The lowest BCUT2D eigenvalue weighted by atomic mass is 10.2. The van der Waals surface area contributed by atoms with Gasteiger partial charge < -0.3 is 15.4 Å². The first-order chi connectivity index (χ1) is 11.6. The van der Waals surface area contributed by atoms with E-state index in [4.69, 9.17) is 15.7 Å². The number of nitrogen functional groups attached to an aromatic ring is 1. The number of esters is 1. The molecule has 8 heteroatoms. The van der Waals surface area contributed by atoms with Crippen molar-refractivity contribution < 1.29 is 14.3 Å². The summed E-state index contributed by atoms with van der Waals surface area (Å²) in [6.45, 7) is -0.292. The van der Waals surface area contributed by atoms with E-state index in [1.807, 2.05) is 12.1 Å². The van der Waals surface area contributed by atoms with E-state index in [0.717, 1.165) is 0 Å². The third-order valence-electron chi connectivity index (χ3n) is 3.06. The summed E-state index contributed by atoms with van der Waals surface area (Å²) in [7, 11) is 0. The van der Waals surface area contributed by atoms with Crippen molar-refractivity contribution in [3.8, 4) is 6.07 Å². The molecule has 0 aliphatic heterocycles. The molecule has 122 valence electrons. The highest BCUT2D eigenvalue weighted by Crippen LogP contribution is 2.14. The predicted molar refractivity (Wildman–Crippen MR) is 85.8 cm³/mol. The third-order valence-corrected chi connectivity index (χ3v) is 3.06. The Morgan fingerprint density at radius 2 is 1.92 bits per heavy atom. The van der Waals surface area contributed by atoms with Crippen LogP contribution < -0.4 is 10.6 Å². The lowest BCUT2D eigenvalue weighted by Crippen LogP contribution is -2.35. The molecule has 1 aromatic carbocycles. The molecule has 0 saturated carbocycles. The molecule has 0 fully saturated rings. The van der Waals surface area contributed by atoms with Crippen LogP contribution >= 0.6 is 0 Å². The van der Waals surface area contributed by atoms with Gasteiger partial charge in [-0.1, -0.05) is 18.2 Å². The van der Waals surface area contributed by atoms with Crippen molar-refractivity contribution in [2.24, 2.45) is 0 Å². The van der Waals surface area contributed by atoms with Gasteiger partial charge in [0.15, 0.2) is 18.1 Å². The van der Waals surface area contributed by atoms with Crippen LogP contribution in [0, 0.1) is 11.3 Å². The molecule has 1 amide bonds. The van der Waals surface area contributed by atoms with Gasteiger partial charge in [-0.15, -0.1) is 0 Å². The number of rotatable bonds is 6. The van der Waals surface area contributed by atoms with Gasteiger partial charge in [-0.2, -0.15) is 5.26 Å². The highest BCUT2D eigenvalue weighted by atomic mass is 16.5. The number of carbonyl (C=O) groups excluding carboxylic acids is 2. The molecule has 0 spiro atoms. The van der Waals surface area contributed by atoms with Gasteiger partial charge in [0.1, 0.15) is 0 Å². The van der Waals surface area contributed by atoms with Crippen LogP contribution in [0.1, 0.15) is 16.9 Å². The number of carbonyl (C=O) groups is 2. The highest BCUT2D eigenvalue weighted by molar-refractivity contribution is 5.97. The SMILES string of the molecule is N#CCCN(C(=O)COC(=O)c1nccnc1N)c1ccccc1. The first-order valence-corrected chi connectivity index (χ1v) is 7.09. The zero-order chi connectivity index (χ0) is 17.4. The number of hydrogen-bond acceptors (Lipinski definition) is 7. The second-order valence-electron chi connectivity index (χ2n) is 4.66. The van der Waals surface area contributed by atoms with Crippen LogP contribution in [0.5, 0.6) is 0 Å². The lowest BCUT2D eigenvalue weighted by molar-refractivity contribution is -0.121. The van der Waals surface area contributed by atoms with Gasteiger partial charge >= 0.3 is 5.97 Å². The molecule has 8 nitrogen and oxygen atoms in total. The average Bonchev–Trinajstić information content (AvgIpc) is 2.61. The first-order valence-electron chi connectivity index (χ1n) is 7.09. The zero-order valence-electron chi connectivity index (χ0n) is 12.8. The fraction of sp³-hybridized carbons (Fsp3) is 0.188. The second kappa shape index (κ2) is 8.24. The molecule has 0 radical (unpaired) electrons. The standard InChI is InChI=1S/C16H15N5O3/c17-7-4-10-21(12-5-2-1-3-6-12)13(22)11-24-16(23)14-15(18)20-9-8-19-14/h1-3,5-6,8-9H,4,10-11H2,(H2,18,20). The van der Waals surface area contributed by atoms with Crippen LogP contribution in [0.15, 0.2) is 42.7 Å². The van der Waals surface area contributed by atoms with E-state index in [0.29, 0.717) is 5.69 Å². The van der Waals surface area contributed by atoms with Crippen molar-refractivity contribution >= 4 is 23.4 Å². The number of benzene rings is 1. The predicted octanol–water partition coefficient (Wildman–Crippen LogP) is 1.16. The Kier molecular flexibility index (Phi) is 5.80. The maximum atomic E-state index is 12.3. The number of hydrogen-bond donors (Lipinski definition) is 1. The van der Waals surface area contributed by atoms with Crippen LogP contribution in [-0.2, 0) is 9.53 Å². The van der Waals surface area contributed by atoms with E-state index in [2.05, 4.69) is 9.97 Å². The molecule has 0 saturated heterocycles. The minimum absolute atomic E-state index is 0.0701. The Morgan fingerprint density at radius 3 is 2.58 bits per heavy atom. The summed E-state index contributed by atoms with van der Waals surface area (Å²) in [5.41, 5.74) is 6.01. The first kappa shape index (κ1) is 16.9. The van der Waals surface area contributed by atoms with Crippen LogP contribution in [0.3, 0.4) is 0 Å². The zero-order valence-corrected chi connectivity index (χ0v) is 12.8. The molecule has 2 aromatic rings. The molecule has 1 heterocycles. The van der Waals surface area contributed by atoms with E-state index in [1.165, 1.54) is 17.3 Å². The Labute approximate surface area is 138 Å². The molecule has 0 atom stereocenters. The quantitative estimate of drug-likeness (QED) is 0.791. The van der Waals surface area contributed by atoms with Gasteiger partial charge in [0, 0.05) is 24.6 Å². The Hall–Kier alpha value is -3.47. The molecule has 0 bridgehead atoms. The van der Waals surface area contributed by atoms with E-state index >= 15 is 0 Å². The van der Waals surface area contributed by atoms with Gasteiger partial charge in [0.25, 0.3) is 5.91 Å². The molecule has 1 aromatic heterocycles.